The number of imide groups is 1. The highest BCUT2D eigenvalue weighted by molar-refractivity contribution is 6.48. The lowest BCUT2D eigenvalue weighted by atomic mass is 10.0. The van der Waals surface area contributed by atoms with Crippen LogP contribution in [0, 0.1) is 6.92 Å². The Kier molecular flexibility index (Phi) is 5.72. The number of para-hydroxylation sites is 2. The highest BCUT2D eigenvalue weighted by atomic mass is 35.5. The van der Waals surface area contributed by atoms with Gasteiger partial charge in [0, 0.05) is 16.3 Å². The van der Waals surface area contributed by atoms with E-state index in [1.165, 1.54) is 7.11 Å². The quantitative estimate of drug-likeness (QED) is 0.503. The van der Waals surface area contributed by atoms with E-state index in [9.17, 15) is 9.59 Å². The molecule has 4 rings (SSSR count). The van der Waals surface area contributed by atoms with Crippen molar-refractivity contribution in [3.63, 3.8) is 0 Å². The average molecular weight is 453 g/mol. The van der Waals surface area contributed by atoms with Crippen molar-refractivity contribution in [1.29, 1.82) is 0 Å². The van der Waals surface area contributed by atoms with Crippen LogP contribution in [-0.4, -0.2) is 18.9 Å². The number of carbonyl (C=O) groups is 2. The number of aryl methyl sites for hydroxylation is 1. The lowest BCUT2D eigenvalue weighted by molar-refractivity contribution is -0.120. The molecule has 2 amide bonds. The molecule has 31 heavy (non-hydrogen) atoms. The van der Waals surface area contributed by atoms with Crippen molar-refractivity contribution >= 4 is 52.0 Å². The van der Waals surface area contributed by atoms with E-state index in [4.69, 9.17) is 27.9 Å². The number of halogens is 2. The van der Waals surface area contributed by atoms with Gasteiger partial charge in [0.15, 0.2) is 0 Å². The lowest BCUT2D eigenvalue weighted by Gasteiger charge is -2.17. The highest BCUT2D eigenvalue weighted by Crippen LogP contribution is 2.39. The van der Waals surface area contributed by atoms with Gasteiger partial charge in [0.25, 0.3) is 11.8 Å². The summed E-state index contributed by atoms with van der Waals surface area (Å²) in [4.78, 5) is 28.1. The first-order valence-corrected chi connectivity index (χ1v) is 10.2. The molecule has 0 aliphatic carbocycles. The van der Waals surface area contributed by atoms with Gasteiger partial charge in [-0.2, -0.15) is 0 Å². The van der Waals surface area contributed by atoms with Crippen LogP contribution in [0.4, 0.5) is 11.4 Å². The molecule has 0 radical (unpaired) electrons. The maximum absolute atomic E-state index is 13.5. The molecule has 0 unspecified atom stereocenters. The van der Waals surface area contributed by atoms with Crippen molar-refractivity contribution in [1.82, 2.24) is 0 Å². The number of nitrogens with one attached hydrogen (secondary N) is 1. The molecule has 0 saturated heterocycles. The highest BCUT2D eigenvalue weighted by Gasteiger charge is 2.42. The van der Waals surface area contributed by atoms with Gasteiger partial charge in [-0.15, -0.1) is 0 Å². The van der Waals surface area contributed by atoms with Gasteiger partial charge in [-0.1, -0.05) is 53.5 Å². The largest absolute Gasteiger partial charge is 0.496 e. The maximum Gasteiger partial charge on any atom is 0.282 e. The molecule has 3 aromatic rings. The molecule has 0 fully saturated rings. The predicted molar refractivity (Wildman–Crippen MR) is 124 cm³/mol. The molecule has 3 aromatic carbocycles. The third-order valence-corrected chi connectivity index (χ3v) is 5.56. The van der Waals surface area contributed by atoms with Crippen molar-refractivity contribution in [3.8, 4) is 5.75 Å². The molecule has 7 heteroatoms. The molecule has 0 saturated carbocycles. The lowest BCUT2D eigenvalue weighted by Crippen LogP contribution is -2.32. The van der Waals surface area contributed by atoms with Gasteiger partial charge in [0.05, 0.1) is 23.4 Å². The second kappa shape index (κ2) is 8.46. The minimum absolute atomic E-state index is 0.139. The number of hydrogen-bond donors (Lipinski definition) is 1. The monoisotopic (exact) mass is 452 g/mol. The van der Waals surface area contributed by atoms with E-state index in [-0.39, 0.29) is 11.3 Å². The van der Waals surface area contributed by atoms with Crippen molar-refractivity contribution in [2.45, 2.75) is 6.92 Å². The first-order valence-electron chi connectivity index (χ1n) is 9.46. The Morgan fingerprint density at radius 3 is 2.32 bits per heavy atom. The van der Waals surface area contributed by atoms with Crippen LogP contribution in [0.5, 0.6) is 5.75 Å². The van der Waals surface area contributed by atoms with Crippen LogP contribution >= 0.6 is 23.2 Å². The maximum atomic E-state index is 13.5. The fourth-order valence-corrected chi connectivity index (χ4v) is 3.95. The minimum atomic E-state index is -0.506. The van der Waals surface area contributed by atoms with Gasteiger partial charge in [-0.3, -0.25) is 9.59 Å². The topological polar surface area (TPSA) is 58.6 Å². The molecular weight excluding hydrogens is 435 g/mol. The Morgan fingerprint density at radius 1 is 0.903 bits per heavy atom. The van der Waals surface area contributed by atoms with E-state index in [1.807, 2.05) is 6.92 Å². The van der Waals surface area contributed by atoms with Crippen LogP contribution in [0.1, 0.15) is 11.1 Å². The van der Waals surface area contributed by atoms with Gasteiger partial charge >= 0.3 is 0 Å². The van der Waals surface area contributed by atoms with E-state index in [0.29, 0.717) is 32.7 Å². The fraction of sp³-hybridized carbons (Fsp3) is 0.0833. The van der Waals surface area contributed by atoms with Gasteiger partial charge in [0.2, 0.25) is 0 Å². The Bertz CT molecular complexity index is 1240. The molecule has 156 valence electrons. The number of hydrogen-bond acceptors (Lipinski definition) is 4. The van der Waals surface area contributed by atoms with Crippen LogP contribution in [-0.2, 0) is 9.59 Å². The molecule has 1 N–H and O–H groups in total. The molecule has 0 bridgehead atoms. The van der Waals surface area contributed by atoms with E-state index in [1.54, 1.807) is 66.7 Å². The van der Waals surface area contributed by atoms with E-state index < -0.39 is 11.8 Å². The van der Waals surface area contributed by atoms with Gasteiger partial charge in [-0.05, 0) is 48.9 Å². The SMILES string of the molecule is COc1ccccc1C1=C(Nc2ccc(Cl)cc2C)C(=O)N(c2ccccc2Cl)C1=O. The number of rotatable bonds is 5. The van der Waals surface area contributed by atoms with Crippen molar-refractivity contribution in [2.75, 3.05) is 17.3 Å². The molecule has 0 atom stereocenters. The normalized spacial score (nSPS) is 13.7. The van der Waals surface area contributed by atoms with Crippen molar-refractivity contribution in [3.05, 3.63) is 93.6 Å². The third-order valence-electron chi connectivity index (χ3n) is 5.00. The van der Waals surface area contributed by atoms with Crippen molar-refractivity contribution < 1.29 is 14.3 Å². The molecule has 5 nitrogen and oxygen atoms in total. The fourth-order valence-electron chi connectivity index (χ4n) is 3.50. The molecular formula is C24H18Cl2N2O3. The minimum Gasteiger partial charge on any atom is -0.496 e. The summed E-state index contributed by atoms with van der Waals surface area (Å²) in [5.74, 6) is -0.517. The summed E-state index contributed by atoms with van der Waals surface area (Å²) in [6.45, 7) is 1.87. The first kappa shape index (κ1) is 21.0. The number of ether oxygens (including phenoxy) is 1. The molecule has 0 aromatic heterocycles. The number of amides is 2. The van der Waals surface area contributed by atoms with E-state index in [0.717, 1.165) is 10.5 Å². The zero-order chi connectivity index (χ0) is 22.1. The summed E-state index contributed by atoms with van der Waals surface area (Å²) in [5.41, 5.74) is 2.66. The van der Waals surface area contributed by atoms with Crippen LogP contribution in [0.3, 0.4) is 0 Å². The average Bonchev–Trinajstić information content (AvgIpc) is 3.00. The van der Waals surface area contributed by atoms with Gasteiger partial charge < -0.3 is 10.1 Å². The molecule has 1 aliphatic heterocycles. The van der Waals surface area contributed by atoms with Gasteiger partial charge in [0.1, 0.15) is 11.4 Å². The second-order valence-electron chi connectivity index (χ2n) is 6.93. The summed E-state index contributed by atoms with van der Waals surface area (Å²) in [6, 6.07) is 19.0. The Morgan fingerprint density at radius 2 is 1.61 bits per heavy atom. The van der Waals surface area contributed by atoms with Crippen LogP contribution in [0.15, 0.2) is 72.4 Å². The smallest absolute Gasteiger partial charge is 0.282 e. The number of nitrogens with zero attached hydrogens (tertiary/aromatic N) is 1. The first-order chi connectivity index (χ1) is 14.9. The number of anilines is 2. The zero-order valence-electron chi connectivity index (χ0n) is 16.8. The Hall–Kier alpha value is -3.28. The van der Waals surface area contributed by atoms with Crippen LogP contribution in [0.25, 0.3) is 5.57 Å². The standard InChI is InChI=1S/C24H18Cl2N2O3/c1-14-13-15(25)11-12-18(14)27-22-21(16-7-3-6-10-20(16)31-2)23(29)28(24(22)30)19-9-5-4-8-17(19)26/h3-13,27H,1-2H3. The number of methoxy groups -OCH3 is 1. The number of carbonyl (C=O) groups excluding carboxylic acids is 2. The molecule has 1 heterocycles. The molecule has 0 spiro atoms. The summed E-state index contributed by atoms with van der Waals surface area (Å²) >= 11 is 12.4. The Balaban J connectivity index is 1.90. The van der Waals surface area contributed by atoms with Crippen LogP contribution < -0.4 is 15.0 Å². The third kappa shape index (κ3) is 3.78. The Labute approximate surface area is 189 Å². The second-order valence-corrected chi connectivity index (χ2v) is 7.78. The molecule has 1 aliphatic rings. The summed E-state index contributed by atoms with van der Waals surface area (Å²) in [6.07, 6.45) is 0. The summed E-state index contributed by atoms with van der Waals surface area (Å²) < 4.78 is 5.46. The summed E-state index contributed by atoms with van der Waals surface area (Å²) in [5, 5.41) is 4.02. The summed E-state index contributed by atoms with van der Waals surface area (Å²) in [7, 11) is 1.52. The van der Waals surface area contributed by atoms with E-state index >= 15 is 0 Å². The van der Waals surface area contributed by atoms with Crippen LogP contribution in [0.2, 0.25) is 10.0 Å². The van der Waals surface area contributed by atoms with E-state index in [2.05, 4.69) is 5.32 Å². The van der Waals surface area contributed by atoms with Gasteiger partial charge in [-0.25, -0.2) is 4.90 Å². The number of benzene rings is 3. The predicted octanol–water partition coefficient (Wildman–Crippen LogP) is 5.71. The van der Waals surface area contributed by atoms with Crippen molar-refractivity contribution in [2.24, 2.45) is 0 Å². The zero-order valence-corrected chi connectivity index (χ0v) is 18.3.